The van der Waals surface area contributed by atoms with E-state index < -0.39 is 0 Å². The van der Waals surface area contributed by atoms with E-state index in [4.69, 9.17) is 4.52 Å². The first-order valence-electron chi connectivity index (χ1n) is 6.65. The highest BCUT2D eigenvalue weighted by Gasteiger charge is 2.16. The topological polar surface area (TPSA) is 98.7 Å². The van der Waals surface area contributed by atoms with Gasteiger partial charge in [0.15, 0.2) is 0 Å². The molecule has 3 heterocycles. The summed E-state index contributed by atoms with van der Waals surface area (Å²) in [5.74, 6) is 0.699. The molecule has 1 N–H and O–H groups in total. The molecule has 0 saturated carbocycles. The van der Waals surface area contributed by atoms with E-state index in [-0.39, 0.29) is 11.7 Å². The molecule has 8 heteroatoms. The van der Waals surface area contributed by atoms with Gasteiger partial charge in [-0.15, -0.1) is 10.2 Å². The fourth-order valence-corrected chi connectivity index (χ4v) is 2.05. The van der Waals surface area contributed by atoms with E-state index in [2.05, 4.69) is 25.7 Å². The third-order valence-corrected chi connectivity index (χ3v) is 3.13. The quantitative estimate of drug-likeness (QED) is 0.745. The van der Waals surface area contributed by atoms with E-state index in [9.17, 15) is 4.79 Å². The van der Waals surface area contributed by atoms with Crippen LogP contribution in [0.1, 0.15) is 23.3 Å². The van der Waals surface area contributed by atoms with Crippen molar-refractivity contribution in [3.63, 3.8) is 0 Å². The molecule has 0 unspecified atom stereocenters. The van der Waals surface area contributed by atoms with Crippen LogP contribution in [0.25, 0.3) is 11.0 Å². The van der Waals surface area contributed by atoms with E-state index in [1.165, 1.54) is 0 Å². The lowest BCUT2D eigenvalue weighted by molar-refractivity contribution is 0.0919. The fraction of sp³-hybridized carbons (Fsp3) is 0.308. The first kappa shape index (κ1) is 13.2. The van der Waals surface area contributed by atoms with Gasteiger partial charge in [-0.3, -0.25) is 4.79 Å². The summed E-state index contributed by atoms with van der Waals surface area (Å²) in [6.07, 6.45) is 3.88. The second kappa shape index (κ2) is 5.70. The minimum Gasteiger partial charge on any atom is -0.349 e. The molecule has 0 spiro atoms. The lowest BCUT2D eigenvalue weighted by Gasteiger charge is -2.04. The monoisotopic (exact) mass is 286 g/mol. The Balaban J connectivity index is 1.64. The molecule has 0 atom stereocenters. The number of pyridine rings is 1. The fourth-order valence-electron chi connectivity index (χ4n) is 2.05. The van der Waals surface area contributed by atoms with Crippen LogP contribution < -0.4 is 5.32 Å². The minimum atomic E-state index is -0.312. The minimum absolute atomic E-state index is 0.176. The zero-order chi connectivity index (χ0) is 14.7. The molecular weight excluding hydrogens is 272 g/mol. The number of rotatable bonds is 5. The van der Waals surface area contributed by atoms with Crippen molar-refractivity contribution in [1.29, 1.82) is 0 Å². The van der Waals surface area contributed by atoms with Gasteiger partial charge >= 0.3 is 0 Å². The Morgan fingerprint density at radius 3 is 3.24 bits per heavy atom. The van der Waals surface area contributed by atoms with Crippen LogP contribution in [0.4, 0.5) is 0 Å². The van der Waals surface area contributed by atoms with E-state index in [0.717, 1.165) is 12.4 Å². The number of nitrogens with one attached hydrogen (secondary N) is 1. The molecule has 0 aliphatic heterocycles. The predicted octanol–water partition coefficient (Wildman–Crippen LogP) is 0.807. The van der Waals surface area contributed by atoms with Crippen molar-refractivity contribution < 1.29 is 9.32 Å². The van der Waals surface area contributed by atoms with Crippen LogP contribution in [-0.2, 0) is 13.0 Å². The van der Waals surface area contributed by atoms with E-state index >= 15 is 0 Å². The maximum absolute atomic E-state index is 12.1. The SMILES string of the molecule is CCn1cnnc1CCNC(=O)c1onc2ncccc12. The second-order valence-electron chi connectivity index (χ2n) is 4.43. The molecule has 0 saturated heterocycles. The average molecular weight is 286 g/mol. The third-order valence-electron chi connectivity index (χ3n) is 3.13. The van der Waals surface area contributed by atoms with Crippen LogP contribution >= 0.6 is 0 Å². The molecule has 0 radical (unpaired) electrons. The first-order valence-corrected chi connectivity index (χ1v) is 6.65. The van der Waals surface area contributed by atoms with Gasteiger partial charge in [0, 0.05) is 25.7 Å². The maximum atomic E-state index is 12.1. The summed E-state index contributed by atoms with van der Waals surface area (Å²) < 4.78 is 6.98. The molecule has 3 aromatic heterocycles. The van der Waals surface area contributed by atoms with Crippen molar-refractivity contribution in [1.82, 2.24) is 30.2 Å². The summed E-state index contributed by atoms with van der Waals surface area (Å²) in [6, 6.07) is 3.49. The summed E-state index contributed by atoms with van der Waals surface area (Å²) >= 11 is 0. The van der Waals surface area contributed by atoms with Crippen LogP contribution in [0.5, 0.6) is 0 Å². The molecule has 0 aliphatic carbocycles. The van der Waals surface area contributed by atoms with E-state index in [1.54, 1.807) is 24.7 Å². The van der Waals surface area contributed by atoms with Gasteiger partial charge in [-0.05, 0) is 19.1 Å². The first-order chi connectivity index (χ1) is 10.3. The molecular formula is C13H14N6O2. The second-order valence-corrected chi connectivity index (χ2v) is 4.43. The molecule has 0 aliphatic rings. The van der Waals surface area contributed by atoms with Crippen molar-refractivity contribution >= 4 is 16.9 Å². The van der Waals surface area contributed by atoms with Gasteiger partial charge in [-0.2, -0.15) is 0 Å². The third kappa shape index (κ3) is 2.60. The zero-order valence-electron chi connectivity index (χ0n) is 11.5. The van der Waals surface area contributed by atoms with Crippen LogP contribution in [-0.4, -0.2) is 37.4 Å². The van der Waals surface area contributed by atoms with Gasteiger partial charge in [0.05, 0.1) is 5.39 Å². The summed E-state index contributed by atoms with van der Waals surface area (Å²) in [5.41, 5.74) is 0.424. The van der Waals surface area contributed by atoms with Crippen LogP contribution in [0.15, 0.2) is 29.2 Å². The highest BCUT2D eigenvalue weighted by molar-refractivity contribution is 6.02. The van der Waals surface area contributed by atoms with Gasteiger partial charge in [-0.1, -0.05) is 5.16 Å². The lowest BCUT2D eigenvalue weighted by Crippen LogP contribution is -2.26. The Morgan fingerprint density at radius 1 is 1.48 bits per heavy atom. The average Bonchev–Trinajstić information content (AvgIpc) is 3.13. The number of hydrogen-bond acceptors (Lipinski definition) is 6. The highest BCUT2D eigenvalue weighted by Crippen LogP contribution is 2.15. The van der Waals surface area contributed by atoms with Crippen molar-refractivity contribution in [2.24, 2.45) is 0 Å². The van der Waals surface area contributed by atoms with Crippen molar-refractivity contribution in [3.05, 3.63) is 36.2 Å². The number of carbonyl (C=O) groups is 1. The number of carbonyl (C=O) groups excluding carboxylic acids is 1. The molecule has 0 aromatic carbocycles. The Morgan fingerprint density at radius 2 is 2.38 bits per heavy atom. The predicted molar refractivity (Wildman–Crippen MR) is 73.5 cm³/mol. The van der Waals surface area contributed by atoms with Gasteiger partial charge in [0.2, 0.25) is 11.4 Å². The van der Waals surface area contributed by atoms with Crippen LogP contribution in [0.2, 0.25) is 0 Å². The lowest BCUT2D eigenvalue weighted by atomic mass is 10.2. The maximum Gasteiger partial charge on any atom is 0.290 e. The molecule has 108 valence electrons. The summed E-state index contributed by atoms with van der Waals surface area (Å²) in [5, 5.41) is 15.0. The Bertz CT molecular complexity index is 763. The molecule has 21 heavy (non-hydrogen) atoms. The Labute approximate surface area is 120 Å². The Hall–Kier alpha value is -2.77. The van der Waals surface area contributed by atoms with Gasteiger partial charge < -0.3 is 14.4 Å². The number of aryl methyl sites for hydroxylation is 1. The molecule has 3 rings (SSSR count). The summed E-state index contributed by atoms with van der Waals surface area (Å²) in [7, 11) is 0. The number of hydrogen-bond donors (Lipinski definition) is 1. The van der Waals surface area contributed by atoms with Crippen molar-refractivity contribution in [2.45, 2.75) is 19.9 Å². The van der Waals surface area contributed by atoms with Gasteiger partial charge in [-0.25, -0.2) is 4.98 Å². The molecule has 1 amide bonds. The van der Waals surface area contributed by atoms with Crippen LogP contribution in [0, 0.1) is 0 Å². The van der Waals surface area contributed by atoms with E-state index in [0.29, 0.717) is 24.0 Å². The van der Waals surface area contributed by atoms with Crippen molar-refractivity contribution in [3.8, 4) is 0 Å². The molecule has 0 fully saturated rings. The number of nitrogens with zero attached hydrogens (tertiary/aromatic N) is 5. The summed E-state index contributed by atoms with van der Waals surface area (Å²) in [6.45, 7) is 3.26. The van der Waals surface area contributed by atoms with Crippen LogP contribution in [0.3, 0.4) is 0 Å². The largest absolute Gasteiger partial charge is 0.349 e. The standard InChI is InChI=1S/C13H14N6O2/c1-2-19-8-16-17-10(19)5-7-15-13(20)11-9-4-3-6-14-12(9)18-21-11/h3-4,6,8H,2,5,7H2,1H3,(H,15,20). The number of amides is 1. The summed E-state index contributed by atoms with van der Waals surface area (Å²) in [4.78, 5) is 16.1. The molecule has 3 aromatic rings. The number of fused-ring (bicyclic) bond motifs is 1. The zero-order valence-corrected chi connectivity index (χ0v) is 11.5. The van der Waals surface area contributed by atoms with E-state index in [1.807, 2.05) is 11.5 Å². The van der Waals surface area contributed by atoms with Crippen molar-refractivity contribution in [2.75, 3.05) is 6.54 Å². The Kier molecular flexibility index (Phi) is 3.59. The van der Waals surface area contributed by atoms with Gasteiger partial charge in [0.1, 0.15) is 12.2 Å². The smallest absolute Gasteiger partial charge is 0.290 e. The number of aromatic nitrogens is 5. The highest BCUT2D eigenvalue weighted by atomic mass is 16.5. The van der Waals surface area contributed by atoms with Gasteiger partial charge in [0.25, 0.3) is 5.91 Å². The molecule has 8 nitrogen and oxygen atoms in total. The normalized spacial score (nSPS) is 10.9. The molecule has 0 bridgehead atoms.